The highest BCUT2D eigenvalue weighted by molar-refractivity contribution is 9.12. The number of ether oxygens (including phenoxy) is 1. The molecule has 1 rings (SSSR count). The van der Waals surface area contributed by atoms with Crippen molar-refractivity contribution in [3.05, 3.63) is 35.9 Å². The monoisotopic (exact) mass is 268 g/mol. The molecule has 0 fully saturated rings. The fourth-order valence-electron chi connectivity index (χ4n) is 1.15. The maximum absolute atomic E-state index is 8.80. The van der Waals surface area contributed by atoms with Gasteiger partial charge in [-0.1, -0.05) is 36.3 Å². The molecule has 0 radical (unpaired) electrons. The number of benzene rings is 1. The van der Waals surface area contributed by atoms with Gasteiger partial charge in [0.1, 0.15) is 6.10 Å². The molecule has 1 N–H and O–H groups in total. The third-order valence-corrected chi connectivity index (χ3v) is 2.13. The number of halogens is 1. The van der Waals surface area contributed by atoms with Crippen LogP contribution < -0.4 is 0 Å². The summed E-state index contributed by atoms with van der Waals surface area (Å²) in [5.41, 5.74) is 1.11. The predicted molar refractivity (Wildman–Crippen MR) is 63.4 cm³/mol. The van der Waals surface area contributed by atoms with Crippen molar-refractivity contribution in [2.75, 3.05) is 6.61 Å². The summed E-state index contributed by atoms with van der Waals surface area (Å²) < 4.78 is 5.55. The lowest BCUT2D eigenvalue weighted by Crippen LogP contribution is -2.12. The van der Waals surface area contributed by atoms with Gasteiger partial charge < -0.3 is 9.84 Å². The SMILES string of the molecule is OCCC(C#CBr)OCc1ccccc1. The van der Waals surface area contributed by atoms with Gasteiger partial charge in [-0.25, -0.2) is 0 Å². The van der Waals surface area contributed by atoms with E-state index in [1.165, 1.54) is 0 Å². The van der Waals surface area contributed by atoms with E-state index in [4.69, 9.17) is 9.84 Å². The Labute approximate surface area is 98.4 Å². The van der Waals surface area contributed by atoms with E-state index in [-0.39, 0.29) is 12.7 Å². The van der Waals surface area contributed by atoms with Gasteiger partial charge in [-0.15, -0.1) is 0 Å². The normalized spacial score (nSPS) is 11.6. The second kappa shape index (κ2) is 7.47. The van der Waals surface area contributed by atoms with Gasteiger partial charge >= 0.3 is 0 Å². The van der Waals surface area contributed by atoms with Gasteiger partial charge in [-0.3, -0.25) is 0 Å². The number of rotatable bonds is 5. The van der Waals surface area contributed by atoms with Crippen LogP contribution in [-0.4, -0.2) is 17.8 Å². The maximum Gasteiger partial charge on any atom is 0.121 e. The van der Waals surface area contributed by atoms with Crippen LogP contribution in [0.3, 0.4) is 0 Å². The van der Waals surface area contributed by atoms with Gasteiger partial charge in [0.25, 0.3) is 0 Å². The molecule has 80 valence electrons. The van der Waals surface area contributed by atoms with Crippen molar-refractivity contribution in [1.29, 1.82) is 0 Å². The summed E-state index contributed by atoms with van der Waals surface area (Å²) >= 11 is 3.02. The van der Waals surface area contributed by atoms with Crippen LogP contribution >= 0.6 is 15.9 Å². The van der Waals surface area contributed by atoms with Gasteiger partial charge in [0.15, 0.2) is 0 Å². The highest BCUT2D eigenvalue weighted by atomic mass is 79.9. The van der Waals surface area contributed by atoms with E-state index in [9.17, 15) is 0 Å². The smallest absolute Gasteiger partial charge is 0.121 e. The molecule has 2 nitrogen and oxygen atoms in total. The van der Waals surface area contributed by atoms with Crippen LogP contribution in [0.15, 0.2) is 30.3 Å². The fourth-order valence-corrected chi connectivity index (χ4v) is 1.40. The molecule has 0 aliphatic carbocycles. The lowest BCUT2D eigenvalue weighted by molar-refractivity contribution is 0.0604. The van der Waals surface area contributed by atoms with Crippen LogP contribution in [0.5, 0.6) is 0 Å². The maximum atomic E-state index is 8.80. The Balaban J connectivity index is 2.42. The van der Waals surface area contributed by atoms with Crippen LogP contribution in [0.25, 0.3) is 0 Å². The van der Waals surface area contributed by atoms with Crippen LogP contribution in [0, 0.1) is 10.8 Å². The van der Waals surface area contributed by atoms with Gasteiger partial charge in [-0.2, -0.15) is 0 Å². The first-order valence-electron chi connectivity index (χ1n) is 4.74. The third kappa shape index (κ3) is 4.98. The molecule has 3 heteroatoms. The minimum absolute atomic E-state index is 0.0845. The summed E-state index contributed by atoms with van der Waals surface area (Å²) in [5, 5.41) is 8.80. The molecule has 15 heavy (non-hydrogen) atoms. The first-order valence-corrected chi connectivity index (χ1v) is 5.53. The predicted octanol–water partition coefficient (Wildman–Crippen LogP) is 2.31. The van der Waals surface area contributed by atoms with Gasteiger partial charge in [0, 0.05) is 29.0 Å². The molecule has 0 saturated heterocycles. The number of hydrogen-bond donors (Lipinski definition) is 1. The van der Waals surface area contributed by atoms with Crippen LogP contribution in [0.1, 0.15) is 12.0 Å². The molecular formula is C12H13BrO2. The number of hydrogen-bond acceptors (Lipinski definition) is 2. The van der Waals surface area contributed by atoms with Crippen molar-refractivity contribution >= 4 is 15.9 Å². The molecule has 0 saturated carbocycles. The van der Waals surface area contributed by atoms with E-state index in [0.717, 1.165) is 5.56 Å². The van der Waals surface area contributed by atoms with Gasteiger partial charge in [0.2, 0.25) is 0 Å². The second-order valence-electron chi connectivity index (χ2n) is 3.04. The fraction of sp³-hybridized carbons (Fsp3) is 0.333. The molecular weight excluding hydrogens is 256 g/mol. The molecule has 1 aromatic rings. The Bertz CT molecular complexity index is 326. The van der Waals surface area contributed by atoms with E-state index in [0.29, 0.717) is 13.0 Å². The summed E-state index contributed by atoms with van der Waals surface area (Å²) in [4.78, 5) is 2.62. The van der Waals surface area contributed by atoms with Crippen molar-refractivity contribution in [2.45, 2.75) is 19.1 Å². The Morgan fingerprint density at radius 2 is 2.07 bits per heavy atom. The van der Waals surface area contributed by atoms with Crippen molar-refractivity contribution in [3.8, 4) is 10.8 Å². The minimum atomic E-state index is -0.213. The van der Waals surface area contributed by atoms with Crippen molar-refractivity contribution in [2.24, 2.45) is 0 Å². The lowest BCUT2D eigenvalue weighted by Gasteiger charge is -2.10. The minimum Gasteiger partial charge on any atom is -0.396 e. The zero-order valence-corrected chi connectivity index (χ0v) is 9.90. The highest BCUT2D eigenvalue weighted by Gasteiger charge is 2.04. The van der Waals surface area contributed by atoms with E-state index >= 15 is 0 Å². The zero-order valence-electron chi connectivity index (χ0n) is 8.32. The van der Waals surface area contributed by atoms with Crippen LogP contribution in [-0.2, 0) is 11.3 Å². The molecule has 1 aromatic carbocycles. The molecule has 1 unspecified atom stereocenters. The Hall–Kier alpha value is -0.820. The quantitative estimate of drug-likeness (QED) is 0.831. The number of aliphatic hydroxyl groups is 1. The Morgan fingerprint density at radius 3 is 2.67 bits per heavy atom. The van der Waals surface area contributed by atoms with E-state index < -0.39 is 0 Å². The van der Waals surface area contributed by atoms with E-state index in [2.05, 4.69) is 26.7 Å². The molecule has 0 spiro atoms. The average molecular weight is 269 g/mol. The summed E-state index contributed by atoms with van der Waals surface area (Å²) in [7, 11) is 0. The topological polar surface area (TPSA) is 29.5 Å². The number of aliphatic hydroxyl groups excluding tert-OH is 1. The molecule has 0 aliphatic heterocycles. The highest BCUT2D eigenvalue weighted by Crippen LogP contribution is 2.05. The largest absolute Gasteiger partial charge is 0.396 e. The lowest BCUT2D eigenvalue weighted by atomic mass is 10.2. The first-order chi connectivity index (χ1) is 7.36. The molecule has 0 bridgehead atoms. The second-order valence-corrected chi connectivity index (χ2v) is 3.43. The Morgan fingerprint density at radius 1 is 1.33 bits per heavy atom. The molecule has 0 heterocycles. The summed E-state index contributed by atoms with van der Waals surface area (Å²) in [6.45, 7) is 0.605. The van der Waals surface area contributed by atoms with Crippen LogP contribution in [0.2, 0.25) is 0 Å². The van der Waals surface area contributed by atoms with Crippen molar-refractivity contribution in [3.63, 3.8) is 0 Å². The average Bonchev–Trinajstić information content (AvgIpc) is 2.28. The third-order valence-electron chi connectivity index (χ3n) is 1.90. The van der Waals surface area contributed by atoms with Crippen LogP contribution in [0.4, 0.5) is 0 Å². The van der Waals surface area contributed by atoms with E-state index in [1.54, 1.807) is 0 Å². The molecule has 0 aliphatic rings. The standard InChI is InChI=1S/C12H13BrO2/c13-8-6-12(7-9-14)15-10-11-4-2-1-3-5-11/h1-5,12,14H,7,9-10H2. The molecule has 0 amide bonds. The van der Waals surface area contributed by atoms with E-state index in [1.807, 2.05) is 30.3 Å². The Kier molecular flexibility index (Phi) is 6.10. The first kappa shape index (κ1) is 12.3. The van der Waals surface area contributed by atoms with Gasteiger partial charge in [0.05, 0.1) is 6.61 Å². The summed E-state index contributed by atoms with van der Waals surface area (Å²) in [5.74, 6) is 2.84. The van der Waals surface area contributed by atoms with Crippen molar-refractivity contribution < 1.29 is 9.84 Å². The summed E-state index contributed by atoms with van der Waals surface area (Å²) in [6.07, 6.45) is 0.320. The molecule has 0 aromatic heterocycles. The summed E-state index contributed by atoms with van der Waals surface area (Å²) in [6, 6.07) is 9.90. The zero-order chi connectivity index (χ0) is 10.9. The van der Waals surface area contributed by atoms with Gasteiger partial charge in [-0.05, 0) is 10.4 Å². The molecule has 1 atom stereocenters. The van der Waals surface area contributed by atoms with Crippen molar-refractivity contribution in [1.82, 2.24) is 0 Å².